The predicted molar refractivity (Wildman–Crippen MR) is 117 cm³/mol. The van der Waals surface area contributed by atoms with Crippen LogP contribution < -0.4 is 4.74 Å². The number of carboxylic acid groups (broad SMARTS) is 1. The fraction of sp³-hybridized carbons (Fsp3) is 0.333. The molecular weight excluding hydrogens is 441 g/mol. The van der Waals surface area contributed by atoms with E-state index in [2.05, 4.69) is 0 Å². The van der Waals surface area contributed by atoms with Crippen molar-refractivity contribution in [3.8, 4) is 5.75 Å². The fourth-order valence-electron chi connectivity index (χ4n) is 3.30. The number of carbonyl (C=O) groups is 2. The Morgan fingerprint density at radius 2 is 1.72 bits per heavy atom. The van der Waals surface area contributed by atoms with Crippen LogP contribution >= 0.6 is 11.3 Å². The summed E-state index contributed by atoms with van der Waals surface area (Å²) in [6, 6.07) is 11.9. The molecule has 0 aliphatic carbocycles. The normalized spacial score (nSPS) is 14.7. The highest BCUT2D eigenvalue weighted by Gasteiger charge is 2.36. The smallest absolute Gasteiger partial charge is 0.416 e. The molecule has 0 saturated heterocycles. The van der Waals surface area contributed by atoms with Crippen molar-refractivity contribution >= 4 is 33.2 Å². The Balaban J connectivity index is 1.95. The summed E-state index contributed by atoms with van der Waals surface area (Å²) in [5.41, 5.74) is -1.43. The van der Waals surface area contributed by atoms with E-state index in [-0.39, 0.29) is 18.6 Å². The molecule has 8 heteroatoms. The number of Topliss-reactive ketones (excluding diaryl/α,β-unsaturated/α-hetero) is 1. The van der Waals surface area contributed by atoms with Crippen LogP contribution in [0.5, 0.6) is 5.75 Å². The summed E-state index contributed by atoms with van der Waals surface area (Å²) < 4.78 is 45.5. The third-order valence-electron chi connectivity index (χ3n) is 5.65. The van der Waals surface area contributed by atoms with Gasteiger partial charge in [0, 0.05) is 16.5 Å². The lowest BCUT2D eigenvalue weighted by Crippen LogP contribution is -2.29. The number of carbonyl (C=O) groups excluding carboxylic acids is 1. The molecule has 32 heavy (non-hydrogen) atoms. The number of halogens is 3. The molecule has 2 aromatic carbocycles. The monoisotopic (exact) mass is 464 g/mol. The quantitative estimate of drug-likeness (QED) is 0.360. The first-order chi connectivity index (χ1) is 15.0. The Morgan fingerprint density at radius 1 is 1.09 bits per heavy atom. The van der Waals surface area contributed by atoms with Crippen LogP contribution in [-0.2, 0) is 11.0 Å². The molecule has 0 aliphatic rings. The lowest BCUT2D eigenvalue weighted by Gasteiger charge is -2.22. The molecule has 3 aromatic rings. The number of fused-ring (bicyclic) bond motifs is 1. The van der Waals surface area contributed by atoms with Gasteiger partial charge in [0.25, 0.3) is 0 Å². The van der Waals surface area contributed by atoms with E-state index < -0.39 is 29.2 Å². The van der Waals surface area contributed by atoms with E-state index >= 15 is 0 Å². The van der Waals surface area contributed by atoms with Gasteiger partial charge in [-0.1, -0.05) is 31.2 Å². The molecule has 2 atom stereocenters. The van der Waals surface area contributed by atoms with E-state index in [4.69, 9.17) is 4.74 Å². The van der Waals surface area contributed by atoms with Crippen LogP contribution in [0.25, 0.3) is 10.1 Å². The number of carboxylic acids is 1. The van der Waals surface area contributed by atoms with Gasteiger partial charge in [0.1, 0.15) is 16.7 Å². The number of alkyl halides is 3. The summed E-state index contributed by atoms with van der Waals surface area (Å²) in [7, 11) is 0. The number of thiophene rings is 1. The maximum absolute atomic E-state index is 13.1. The average molecular weight is 465 g/mol. The van der Waals surface area contributed by atoms with Gasteiger partial charge in [-0.05, 0) is 50.1 Å². The molecule has 2 unspecified atom stereocenters. The molecule has 0 saturated carbocycles. The Morgan fingerprint density at radius 3 is 2.28 bits per heavy atom. The second kappa shape index (κ2) is 8.94. The standard InChI is InChI=1S/C24H23F3O4S/c1-4-23(3,22(29)30)13-18(28)21-20(17-7-5-6-8-19(17)32-21)31-14(2)15-9-11-16(12-10-15)24(25,26)27/h5-12,14H,4,13H2,1-3H3,(H,29,30). The van der Waals surface area contributed by atoms with Crippen LogP contribution in [0.2, 0.25) is 0 Å². The molecule has 4 nitrogen and oxygen atoms in total. The second-order valence-electron chi connectivity index (χ2n) is 7.96. The molecule has 0 radical (unpaired) electrons. The van der Waals surface area contributed by atoms with Crippen LogP contribution in [0.15, 0.2) is 48.5 Å². The Labute approximate surface area is 187 Å². The van der Waals surface area contributed by atoms with E-state index in [1.807, 2.05) is 12.1 Å². The number of rotatable bonds is 8. The van der Waals surface area contributed by atoms with Crippen molar-refractivity contribution in [2.45, 2.75) is 45.9 Å². The van der Waals surface area contributed by atoms with Gasteiger partial charge in [-0.15, -0.1) is 11.3 Å². The highest BCUT2D eigenvalue weighted by molar-refractivity contribution is 7.21. The first-order valence-electron chi connectivity index (χ1n) is 10.1. The summed E-state index contributed by atoms with van der Waals surface area (Å²) in [5, 5.41) is 10.3. The molecule has 0 fully saturated rings. The molecule has 0 amide bonds. The average Bonchev–Trinajstić information content (AvgIpc) is 3.11. The van der Waals surface area contributed by atoms with Crippen molar-refractivity contribution < 1.29 is 32.6 Å². The minimum atomic E-state index is -4.43. The largest absolute Gasteiger partial charge is 0.484 e. The first-order valence-corrected chi connectivity index (χ1v) is 10.9. The minimum absolute atomic E-state index is 0.184. The maximum Gasteiger partial charge on any atom is 0.416 e. The zero-order valence-electron chi connectivity index (χ0n) is 17.8. The van der Waals surface area contributed by atoms with E-state index in [1.54, 1.807) is 26.0 Å². The SMILES string of the molecule is CCC(C)(CC(=O)c1sc2ccccc2c1OC(C)c1ccc(C(F)(F)F)cc1)C(=O)O. The Kier molecular flexibility index (Phi) is 6.64. The van der Waals surface area contributed by atoms with Gasteiger partial charge >= 0.3 is 12.1 Å². The summed E-state index contributed by atoms with van der Waals surface area (Å²) in [4.78, 5) is 25.1. The van der Waals surface area contributed by atoms with Crippen LogP contribution in [0.1, 0.15) is 60.5 Å². The summed E-state index contributed by atoms with van der Waals surface area (Å²) >= 11 is 1.22. The molecular formula is C24H23F3O4S. The third kappa shape index (κ3) is 4.80. The molecule has 0 aliphatic heterocycles. The lowest BCUT2D eigenvalue weighted by atomic mass is 9.82. The van der Waals surface area contributed by atoms with Gasteiger partial charge in [-0.25, -0.2) is 0 Å². The van der Waals surface area contributed by atoms with Gasteiger partial charge < -0.3 is 9.84 Å². The Bertz CT molecular complexity index is 1130. The second-order valence-corrected chi connectivity index (χ2v) is 9.01. The van der Waals surface area contributed by atoms with Crippen LogP contribution in [0, 0.1) is 5.41 Å². The lowest BCUT2D eigenvalue weighted by molar-refractivity contribution is -0.148. The minimum Gasteiger partial charge on any atom is -0.484 e. The number of benzene rings is 2. The number of aliphatic carboxylic acids is 1. The maximum atomic E-state index is 13.1. The summed E-state index contributed by atoms with van der Waals surface area (Å²) in [6.07, 6.45) is -4.95. The number of hydrogen-bond acceptors (Lipinski definition) is 4. The van der Waals surface area contributed by atoms with Crippen LogP contribution in [0.3, 0.4) is 0 Å². The van der Waals surface area contributed by atoms with Gasteiger partial charge in [0.15, 0.2) is 5.78 Å². The molecule has 0 bridgehead atoms. The summed E-state index contributed by atoms with van der Waals surface area (Å²) in [5.74, 6) is -1.06. The molecule has 170 valence electrons. The number of hydrogen-bond donors (Lipinski definition) is 1. The van der Waals surface area contributed by atoms with E-state index in [0.29, 0.717) is 21.6 Å². The molecule has 1 N–H and O–H groups in total. The third-order valence-corrected chi connectivity index (χ3v) is 6.85. The highest BCUT2D eigenvalue weighted by Crippen LogP contribution is 2.42. The zero-order chi connectivity index (χ0) is 23.7. The van der Waals surface area contributed by atoms with Crippen molar-refractivity contribution in [3.63, 3.8) is 0 Å². The highest BCUT2D eigenvalue weighted by atomic mass is 32.1. The topological polar surface area (TPSA) is 63.6 Å². The van der Waals surface area contributed by atoms with Crippen LogP contribution in [0.4, 0.5) is 13.2 Å². The van der Waals surface area contributed by atoms with Crippen molar-refractivity contribution in [1.29, 1.82) is 0 Å². The zero-order valence-corrected chi connectivity index (χ0v) is 18.6. The summed E-state index contributed by atoms with van der Waals surface area (Å²) in [6.45, 7) is 4.94. The van der Waals surface area contributed by atoms with Crippen molar-refractivity contribution in [2.75, 3.05) is 0 Å². The van der Waals surface area contributed by atoms with Crippen LogP contribution in [-0.4, -0.2) is 16.9 Å². The number of ether oxygens (including phenoxy) is 1. The van der Waals surface area contributed by atoms with Gasteiger partial charge in [0.05, 0.1) is 11.0 Å². The van der Waals surface area contributed by atoms with E-state index in [1.165, 1.54) is 30.4 Å². The van der Waals surface area contributed by atoms with Gasteiger partial charge in [-0.3, -0.25) is 9.59 Å². The molecule has 1 aromatic heterocycles. The molecule has 1 heterocycles. The molecule has 3 rings (SSSR count). The van der Waals surface area contributed by atoms with E-state index in [9.17, 15) is 27.9 Å². The van der Waals surface area contributed by atoms with Crippen molar-refractivity contribution in [2.24, 2.45) is 5.41 Å². The molecule has 0 spiro atoms. The van der Waals surface area contributed by atoms with Gasteiger partial charge in [0.2, 0.25) is 0 Å². The fourth-order valence-corrected chi connectivity index (χ4v) is 4.37. The van der Waals surface area contributed by atoms with Crippen molar-refractivity contribution in [3.05, 3.63) is 64.5 Å². The first kappa shape index (κ1) is 23.8. The predicted octanol–water partition coefficient (Wildman–Crippen LogP) is 7.13. The number of ketones is 1. The van der Waals surface area contributed by atoms with Crippen molar-refractivity contribution in [1.82, 2.24) is 0 Å². The van der Waals surface area contributed by atoms with Gasteiger partial charge in [-0.2, -0.15) is 13.2 Å². The Hall–Kier alpha value is -2.87. The van der Waals surface area contributed by atoms with E-state index in [0.717, 1.165) is 16.8 Å².